The molecular weight excluding hydrogens is 377 g/mol. The van der Waals surface area contributed by atoms with Gasteiger partial charge >= 0.3 is 6.18 Å². The molecule has 0 aliphatic heterocycles. The number of alkyl halides is 3. The zero-order valence-electron chi connectivity index (χ0n) is 13.4. The molecule has 2 rings (SSSR count). The van der Waals surface area contributed by atoms with Crippen molar-refractivity contribution >= 4 is 15.9 Å². The maximum Gasteiger partial charge on any atom is 0.435 e. The first-order chi connectivity index (χ1) is 12.1. The van der Waals surface area contributed by atoms with Crippen molar-refractivity contribution in [1.82, 2.24) is 20.0 Å². The van der Waals surface area contributed by atoms with Crippen LogP contribution in [0.5, 0.6) is 5.75 Å². The molecule has 0 aliphatic carbocycles. The number of hydrazine groups is 1. The van der Waals surface area contributed by atoms with Crippen molar-refractivity contribution in [1.29, 1.82) is 0 Å². The fourth-order valence-corrected chi connectivity index (χ4v) is 2.71. The van der Waals surface area contributed by atoms with Crippen LogP contribution in [0.25, 0.3) is 0 Å². The van der Waals surface area contributed by atoms with Crippen LogP contribution in [0, 0.1) is 0 Å². The first-order valence-electron chi connectivity index (χ1n) is 7.26. The van der Waals surface area contributed by atoms with E-state index in [1.54, 1.807) is 6.92 Å². The first kappa shape index (κ1) is 19.7. The van der Waals surface area contributed by atoms with Crippen molar-refractivity contribution < 1.29 is 31.1 Å². The third kappa shape index (κ3) is 5.20. The monoisotopic (exact) mass is 392 g/mol. The molecule has 1 aromatic carbocycles. The Balaban J connectivity index is 1.94. The summed E-state index contributed by atoms with van der Waals surface area (Å²) in [5, 5.41) is 3.19. The number of nitrogens with one attached hydrogen (secondary N) is 2. The van der Waals surface area contributed by atoms with Crippen LogP contribution >= 0.6 is 0 Å². The van der Waals surface area contributed by atoms with Crippen molar-refractivity contribution in [2.45, 2.75) is 24.5 Å². The Morgan fingerprint density at radius 3 is 2.42 bits per heavy atom. The smallest absolute Gasteiger partial charge is 0.435 e. The van der Waals surface area contributed by atoms with Gasteiger partial charge in [0.05, 0.1) is 11.5 Å². The number of hydrogen-bond acceptors (Lipinski definition) is 5. The van der Waals surface area contributed by atoms with Gasteiger partial charge in [0.15, 0.2) is 5.69 Å². The molecule has 1 heterocycles. The number of sulfonamides is 1. The van der Waals surface area contributed by atoms with Crippen molar-refractivity contribution in [2.75, 3.05) is 6.61 Å². The number of nitrogens with zero attached hydrogens (tertiary/aromatic N) is 2. The van der Waals surface area contributed by atoms with E-state index in [2.05, 4.69) is 5.10 Å². The molecule has 8 nitrogen and oxygen atoms in total. The number of halogens is 3. The minimum atomic E-state index is -4.63. The van der Waals surface area contributed by atoms with E-state index in [1.807, 2.05) is 10.3 Å². The molecule has 0 spiro atoms. The number of carbonyl (C=O) groups excluding carboxylic acids is 1. The van der Waals surface area contributed by atoms with Crippen LogP contribution in [0.1, 0.15) is 12.6 Å². The quantitative estimate of drug-likeness (QED) is 0.692. The molecule has 1 amide bonds. The Morgan fingerprint density at radius 1 is 1.23 bits per heavy atom. The van der Waals surface area contributed by atoms with Crippen molar-refractivity contribution in [3.05, 3.63) is 42.2 Å². The van der Waals surface area contributed by atoms with Crippen LogP contribution in [-0.2, 0) is 27.5 Å². The fourth-order valence-electron chi connectivity index (χ4n) is 1.85. The molecule has 0 aliphatic rings. The number of aromatic nitrogens is 2. The molecule has 0 unspecified atom stereocenters. The maximum atomic E-state index is 12.4. The molecule has 0 atom stereocenters. The van der Waals surface area contributed by atoms with Crippen LogP contribution < -0.4 is 15.0 Å². The van der Waals surface area contributed by atoms with E-state index in [1.165, 1.54) is 24.3 Å². The van der Waals surface area contributed by atoms with Gasteiger partial charge in [-0.05, 0) is 37.3 Å². The van der Waals surface area contributed by atoms with Gasteiger partial charge in [-0.1, -0.05) is 0 Å². The molecular formula is C14H15F3N4O4S. The Morgan fingerprint density at radius 2 is 1.88 bits per heavy atom. The highest BCUT2D eigenvalue weighted by molar-refractivity contribution is 7.89. The molecule has 1 aromatic heterocycles. The van der Waals surface area contributed by atoms with E-state index in [9.17, 15) is 26.4 Å². The van der Waals surface area contributed by atoms with Gasteiger partial charge in [0.1, 0.15) is 12.3 Å². The molecule has 2 aromatic rings. The Labute approximate surface area is 147 Å². The molecule has 0 saturated carbocycles. The van der Waals surface area contributed by atoms with Crippen molar-refractivity contribution in [3.8, 4) is 5.75 Å². The largest absolute Gasteiger partial charge is 0.494 e. The van der Waals surface area contributed by atoms with Crippen molar-refractivity contribution in [3.63, 3.8) is 0 Å². The number of ether oxygens (including phenoxy) is 1. The molecule has 2 N–H and O–H groups in total. The fraction of sp³-hybridized carbons (Fsp3) is 0.286. The van der Waals surface area contributed by atoms with Crippen LogP contribution in [0.3, 0.4) is 0 Å². The van der Waals surface area contributed by atoms with Gasteiger partial charge in [0, 0.05) is 6.20 Å². The van der Waals surface area contributed by atoms with Crippen LogP contribution in [0.4, 0.5) is 13.2 Å². The number of hydrogen-bond donors (Lipinski definition) is 2. The summed E-state index contributed by atoms with van der Waals surface area (Å²) in [6.07, 6.45) is -3.67. The Bertz CT molecular complexity index is 863. The molecule has 0 saturated heterocycles. The standard InChI is InChI=1S/C14H15F3N4O4S/c1-2-25-10-3-5-11(6-4-10)26(23,24)20-18-13(22)9-21-8-7-12(19-21)14(15,16)17/h3-8,20H,2,9H2,1H3,(H,18,22). The highest BCUT2D eigenvalue weighted by atomic mass is 32.2. The number of amides is 1. The normalized spacial score (nSPS) is 12.0. The van der Waals surface area contributed by atoms with Crippen LogP contribution in [-0.4, -0.2) is 30.7 Å². The second-order valence-electron chi connectivity index (χ2n) is 4.95. The average molecular weight is 392 g/mol. The van der Waals surface area contributed by atoms with Gasteiger partial charge in [-0.2, -0.15) is 18.3 Å². The second kappa shape index (κ2) is 7.74. The van der Waals surface area contributed by atoms with E-state index >= 15 is 0 Å². The summed E-state index contributed by atoms with van der Waals surface area (Å²) in [4.78, 5) is 13.4. The number of rotatable bonds is 7. The average Bonchev–Trinajstić information content (AvgIpc) is 3.03. The minimum absolute atomic E-state index is 0.125. The predicted octanol–water partition coefficient (Wildman–Crippen LogP) is 1.31. The lowest BCUT2D eigenvalue weighted by Gasteiger charge is -2.09. The lowest BCUT2D eigenvalue weighted by molar-refractivity contribution is -0.141. The van der Waals surface area contributed by atoms with Gasteiger partial charge in [-0.3, -0.25) is 14.9 Å². The van der Waals surface area contributed by atoms with E-state index in [0.717, 1.165) is 10.9 Å². The van der Waals surface area contributed by atoms with Gasteiger partial charge < -0.3 is 4.74 Å². The highest BCUT2D eigenvalue weighted by Crippen LogP contribution is 2.27. The maximum absolute atomic E-state index is 12.4. The van der Waals surface area contributed by atoms with Gasteiger partial charge in [0.2, 0.25) is 0 Å². The zero-order chi connectivity index (χ0) is 19.4. The topological polar surface area (TPSA) is 102 Å². The molecule has 0 radical (unpaired) electrons. The summed E-state index contributed by atoms with van der Waals surface area (Å²) in [6, 6.07) is 6.16. The van der Waals surface area contributed by atoms with Crippen LogP contribution in [0.15, 0.2) is 41.4 Å². The first-order valence-corrected chi connectivity index (χ1v) is 8.74. The predicted molar refractivity (Wildman–Crippen MR) is 83.3 cm³/mol. The van der Waals surface area contributed by atoms with Gasteiger partial charge in [-0.15, -0.1) is 4.83 Å². The van der Waals surface area contributed by atoms with Crippen LogP contribution in [0.2, 0.25) is 0 Å². The third-order valence-corrected chi connectivity index (χ3v) is 4.27. The second-order valence-corrected chi connectivity index (χ2v) is 6.64. The number of carbonyl (C=O) groups is 1. The molecule has 26 heavy (non-hydrogen) atoms. The molecule has 0 bridgehead atoms. The lowest BCUT2D eigenvalue weighted by atomic mass is 10.3. The number of benzene rings is 1. The Hall–Kier alpha value is -2.60. The summed E-state index contributed by atoms with van der Waals surface area (Å²) in [7, 11) is -4.04. The molecule has 0 fully saturated rings. The summed E-state index contributed by atoms with van der Waals surface area (Å²) >= 11 is 0. The zero-order valence-corrected chi connectivity index (χ0v) is 14.3. The van der Waals surface area contributed by atoms with Gasteiger partial charge in [0.25, 0.3) is 15.9 Å². The SMILES string of the molecule is CCOc1ccc(S(=O)(=O)NNC(=O)Cn2ccc(C(F)(F)F)n2)cc1. The van der Waals surface area contributed by atoms with Gasteiger partial charge in [-0.25, -0.2) is 8.42 Å². The van der Waals surface area contributed by atoms with Crippen molar-refractivity contribution in [2.24, 2.45) is 0 Å². The Kier molecular flexibility index (Phi) is 5.87. The molecule has 142 valence electrons. The van der Waals surface area contributed by atoms with E-state index in [4.69, 9.17) is 4.74 Å². The molecule has 12 heteroatoms. The minimum Gasteiger partial charge on any atom is -0.494 e. The highest BCUT2D eigenvalue weighted by Gasteiger charge is 2.33. The third-order valence-electron chi connectivity index (χ3n) is 3.01. The van der Waals surface area contributed by atoms with E-state index in [-0.39, 0.29) is 4.90 Å². The lowest BCUT2D eigenvalue weighted by Crippen LogP contribution is -2.43. The summed E-state index contributed by atoms with van der Waals surface area (Å²) in [6.45, 7) is 1.60. The summed E-state index contributed by atoms with van der Waals surface area (Å²) in [5.41, 5.74) is 0.755. The summed E-state index contributed by atoms with van der Waals surface area (Å²) in [5.74, 6) is -0.411. The van der Waals surface area contributed by atoms with E-state index in [0.29, 0.717) is 18.4 Å². The summed E-state index contributed by atoms with van der Waals surface area (Å²) < 4.78 is 67.3. The van der Waals surface area contributed by atoms with E-state index < -0.39 is 34.3 Å².